The number of rotatable bonds is 10. The van der Waals surface area contributed by atoms with E-state index >= 15 is 0 Å². The topological polar surface area (TPSA) is 64.3 Å². The molecular weight excluding hydrogens is 316 g/mol. The van der Waals surface area contributed by atoms with Gasteiger partial charge in [0.05, 0.1) is 6.61 Å². The van der Waals surface area contributed by atoms with E-state index in [0.717, 1.165) is 18.9 Å². The molecule has 0 aromatic heterocycles. The van der Waals surface area contributed by atoms with Gasteiger partial charge in [0.25, 0.3) is 0 Å². The van der Waals surface area contributed by atoms with E-state index in [1.165, 1.54) is 44.9 Å². The van der Waals surface area contributed by atoms with Crippen LogP contribution >= 0.6 is 0 Å². The molecule has 0 bridgehead atoms. The Kier molecular flexibility index (Phi) is 8.95. The minimum Gasteiger partial charge on any atom is -0.415 e. The van der Waals surface area contributed by atoms with Crippen LogP contribution < -0.4 is 11.1 Å². The molecule has 24 heavy (non-hydrogen) atoms. The number of unbranched alkanes of at least 4 members (excludes halogenated alkanes) is 1. The average molecular weight is 357 g/mol. The number of amides is 1. The van der Waals surface area contributed by atoms with Gasteiger partial charge in [0.2, 0.25) is 5.91 Å². The van der Waals surface area contributed by atoms with E-state index in [0.29, 0.717) is 6.61 Å². The first kappa shape index (κ1) is 21.6. The Labute approximate surface area is 150 Å². The summed E-state index contributed by atoms with van der Waals surface area (Å²) in [4.78, 5) is 11.7. The molecule has 1 aliphatic carbocycles. The van der Waals surface area contributed by atoms with E-state index in [1.807, 2.05) is 0 Å². The van der Waals surface area contributed by atoms with Gasteiger partial charge in [0.15, 0.2) is 8.32 Å². The zero-order valence-corrected chi connectivity index (χ0v) is 17.6. The predicted octanol–water partition coefficient (Wildman–Crippen LogP) is 4.20. The molecule has 0 unspecified atom stereocenters. The van der Waals surface area contributed by atoms with Crippen LogP contribution in [0.15, 0.2) is 0 Å². The molecular formula is C19H40N2O2Si. The van der Waals surface area contributed by atoms with Gasteiger partial charge in [-0.25, -0.2) is 0 Å². The van der Waals surface area contributed by atoms with Crippen molar-refractivity contribution in [1.29, 1.82) is 0 Å². The van der Waals surface area contributed by atoms with Crippen molar-refractivity contribution < 1.29 is 9.22 Å². The van der Waals surface area contributed by atoms with Crippen LogP contribution in [0, 0.1) is 5.92 Å². The van der Waals surface area contributed by atoms with Crippen LogP contribution in [-0.4, -0.2) is 33.4 Å². The van der Waals surface area contributed by atoms with Crippen molar-refractivity contribution in [2.75, 3.05) is 13.2 Å². The van der Waals surface area contributed by atoms with Crippen molar-refractivity contribution in [3.63, 3.8) is 0 Å². The van der Waals surface area contributed by atoms with Crippen LogP contribution in [0.4, 0.5) is 0 Å². The molecule has 0 spiro atoms. The van der Waals surface area contributed by atoms with Gasteiger partial charge in [-0.2, -0.15) is 0 Å². The molecule has 1 aliphatic rings. The Bertz CT molecular complexity index is 374. The Hall–Kier alpha value is -0.393. The largest absolute Gasteiger partial charge is 0.415 e. The summed E-state index contributed by atoms with van der Waals surface area (Å²) in [5.41, 5.74) is 5.54. The number of carbonyl (C=O) groups excluding carboxylic acids is 1. The lowest BCUT2D eigenvalue weighted by molar-refractivity contribution is -0.120. The van der Waals surface area contributed by atoms with E-state index in [2.05, 4.69) is 39.2 Å². The summed E-state index contributed by atoms with van der Waals surface area (Å²) >= 11 is 0. The van der Waals surface area contributed by atoms with Crippen LogP contribution in [0.25, 0.3) is 0 Å². The summed E-state index contributed by atoms with van der Waals surface area (Å²) in [5, 5.41) is 3.45. The molecule has 0 aromatic rings. The third-order valence-corrected chi connectivity index (χ3v) is 10.4. The first-order valence-corrected chi connectivity index (χ1v) is 12.7. The summed E-state index contributed by atoms with van der Waals surface area (Å²) in [6, 6.07) is -0.367. The standard InChI is InChI=1S/C19H40N2O2Si/c1-19(2,3)24(4,5)23-15-17(18(20)22)21-14-10-9-13-16-11-7-6-8-12-16/h16-17,21H,6-15H2,1-5H3,(H2,20,22)/t17-/m0/s1. The van der Waals surface area contributed by atoms with Crippen molar-refractivity contribution in [1.82, 2.24) is 5.32 Å². The maximum absolute atomic E-state index is 11.7. The molecule has 0 aromatic carbocycles. The van der Waals surface area contributed by atoms with Crippen molar-refractivity contribution in [3.05, 3.63) is 0 Å². The third-order valence-electron chi connectivity index (χ3n) is 5.92. The number of carbonyl (C=O) groups is 1. The third kappa shape index (κ3) is 7.66. The number of nitrogens with one attached hydrogen (secondary N) is 1. The highest BCUT2D eigenvalue weighted by Gasteiger charge is 2.37. The van der Waals surface area contributed by atoms with Gasteiger partial charge >= 0.3 is 0 Å². The fourth-order valence-electron chi connectivity index (χ4n) is 3.06. The zero-order valence-electron chi connectivity index (χ0n) is 16.6. The number of hydrogen-bond acceptors (Lipinski definition) is 3. The van der Waals surface area contributed by atoms with E-state index in [-0.39, 0.29) is 17.0 Å². The van der Waals surface area contributed by atoms with E-state index in [1.54, 1.807) is 0 Å². The van der Waals surface area contributed by atoms with Gasteiger partial charge in [-0.15, -0.1) is 0 Å². The minimum absolute atomic E-state index is 0.148. The molecule has 0 aliphatic heterocycles. The van der Waals surface area contributed by atoms with E-state index in [4.69, 9.17) is 10.2 Å². The van der Waals surface area contributed by atoms with Crippen LogP contribution in [0.2, 0.25) is 18.1 Å². The highest BCUT2D eigenvalue weighted by atomic mass is 28.4. The Balaban J connectivity index is 2.24. The number of hydrogen-bond donors (Lipinski definition) is 2. The van der Waals surface area contributed by atoms with Gasteiger partial charge in [0.1, 0.15) is 6.04 Å². The molecule has 4 nitrogen and oxygen atoms in total. The number of nitrogens with two attached hydrogens (primary N) is 1. The summed E-state index contributed by atoms with van der Waals surface area (Å²) in [5.74, 6) is 0.633. The molecule has 1 rings (SSSR count). The monoisotopic (exact) mass is 356 g/mol. The lowest BCUT2D eigenvalue weighted by Gasteiger charge is -2.37. The second-order valence-electron chi connectivity index (χ2n) is 8.98. The molecule has 1 fully saturated rings. The van der Waals surface area contributed by atoms with Gasteiger partial charge < -0.3 is 15.5 Å². The molecule has 0 saturated heterocycles. The Morgan fingerprint density at radius 3 is 2.38 bits per heavy atom. The first-order chi connectivity index (χ1) is 11.1. The van der Waals surface area contributed by atoms with Crippen molar-refractivity contribution in [2.24, 2.45) is 11.7 Å². The summed E-state index contributed by atoms with van der Waals surface area (Å²) in [7, 11) is -1.84. The fraction of sp³-hybridized carbons (Fsp3) is 0.947. The minimum atomic E-state index is -1.84. The molecule has 5 heteroatoms. The molecule has 3 N–H and O–H groups in total. The van der Waals surface area contributed by atoms with Crippen LogP contribution in [0.3, 0.4) is 0 Å². The highest BCUT2D eigenvalue weighted by molar-refractivity contribution is 6.74. The smallest absolute Gasteiger partial charge is 0.236 e. The maximum Gasteiger partial charge on any atom is 0.236 e. The van der Waals surface area contributed by atoms with Gasteiger partial charge in [-0.1, -0.05) is 65.7 Å². The van der Waals surface area contributed by atoms with Gasteiger partial charge in [-0.3, -0.25) is 4.79 Å². The maximum atomic E-state index is 11.7. The highest BCUT2D eigenvalue weighted by Crippen LogP contribution is 2.36. The number of primary amides is 1. The quantitative estimate of drug-likeness (QED) is 0.455. The molecule has 142 valence electrons. The van der Waals surface area contributed by atoms with Gasteiger partial charge in [0, 0.05) is 0 Å². The van der Waals surface area contributed by atoms with Gasteiger partial charge in [-0.05, 0) is 37.0 Å². The van der Waals surface area contributed by atoms with Crippen LogP contribution in [0.5, 0.6) is 0 Å². The second kappa shape index (κ2) is 9.93. The van der Waals surface area contributed by atoms with Crippen molar-refractivity contribution >= 4 is 14.2 Å². The molecule has 0 heterocycles. The normalized spacial score (nSPS) is 18.5. The Morgan fingerprint density at radius 1 is 1.21 bits per heavy atom. The van der Waals surface area contributed by atoms with Crippen molar-refractivity contribution in [2.45, 2.75) is 96.3 Å². The summed E-state index contributed by atoms with van der Waals surface area (Å²) in [6.07, 6.45) is 10.8. The SMILES string of the molecule is CC(C)(C)[Si](C)(C)OC[C@H](NCCCCC1CCCCC1)C(N)=O. The molecule has 1 saturated carbocycles. The fourth-order valence-corrected chi connectivity index (χ4v) is 4.08. The lowest BCUT2D eigenvalue weighted by Crippen LogP contribution is -2.49. The Morgan fingerprint density at radius 2 is 1.83 bits per heavy atom. The van der Waals surface area contributed by atoms with Crippen molar-refractivity contribution in [3.8, 4) is 0 Å². The van der Waals surface area contributed by atoms with Crippen LogP contribution in [0.1, 0.15) is 72.1 Å². The summed E-state index contributed by atoms with van der Waals surface area (Å²) in [6.45, 7) is 12.3. The van der Waals surface area contributed by atoms with E-state index in [9.17, 15) is 4.79 Å². The molecule has 1 atom stereocenters. The predicted molar refractivity (Wildman–Crippen MR) is 105 cm³/mol. The second-order valence-corrected chi connectivity index (χ2v) is 13.8. The molecule has 0 radical (unpaired) electrons. The molecule has 1 amide bonds. The summed E-state index contributed by atoms with van der Waals surface area (Å²) < 4.78 is 6.15. The lowest BCUT2D eigenvalue weighted by atomic mass is 9.86. The first-order valence-electron chi connectivity index (χ1n) is 9.80. The average Bonchev–Trinajstić information content (AvgIpc) is 2.49. The van der Waals surface area contributed by atoms with E-state index < -0.39 is 8.32 Å². The van der Waals surface area contributed by atoms with Crippen LogP contribution in [-0.2, 0) is 9.22 Å². The zero-order chi connectivity index (χ0) is 18.2.